The van der Waals surface area contributed by atoms with Gasteiger partial charge in [-0.3, -0.25) is 4.67 Å². The highest BCUT2D eigenvalue weighted by atomic mass is 32.4. The first-order valence-corrected chi connectivity index (χ1v) is 7.18. The Morgan fingerprint density at radius 3 is 1.92 bits per heavy atom. The van der Waals surface area contributed by atoms with Gasteiger partial charge in [0.15, 0.2) is 0 Å². The lowest BCUT2D eigenvalue weighted by Crippen LogP contribution is -2.23. The maximum atomic E-state index is 5.79. The van der Waals surface area contributed by atoms with Gasteiger partial charge in [-0.05, 0) is 18.9 Å². The molecule has 2 rings (SSSR count). The van der Waals surface area contributed by atoms with Crippen LogP contribution in [-0.2, 0) is 11.8 Å². The van der Waals surface area contributed by atoms with Gasteiger partial charge in [0, 0.05) is 32.7 Å². The second-order valence-electron chi connectivity index (χ2n) is 3.39. The zero-order chi connectivity index (χ0) is 8.77. The average molecular weight is 205 g/mol. The van der Waals surface area contributed by atoms with Crippen LogP contribution in [0.4, 0.5) is 0 Å². The minimum Gasteiger partial charge on any atom is -0.255 e. The van der Waals surface area contributed by atoms with Gasteiger partial charge in [-0.15, -0.1) is 0 Å². The predicted octanol–water partition coefficient (Wildman–Crippen LogP) is 0.794. The molecule has 0 aromatic carbocycles. The zero-order valence-electron chi connectivity index (χ0n) is 7.73. The molecule has 12 heavy (non-hydrogen) atoms. The minimum atomic E-state index is -1.40. The van der Waals surface area contributed by atoms with E-state index in [2.05, 4.69) is 28.0 Å². The molecule has 0 aromatic heterocycles. The van der Waals surface area contributed by atoms with Gasteiger partial charge in [0.1, 0.15) is 6.49 Å². The van der Waals surface area contributed by atoms with Gasteiger partial charge in [-0.1, -0.05) is 6.92 Å². The van der Waals surface area contributed by atoms with Crippen LogP contribution in [0.3, 0.4) is 0 Å². The van der Waals surface area contributed by atoms with Crippen LogP contribution in [-0.4, -0.2) is 53.8 Å². The lowest BCUT2D eigenvalue weighted by atomic mass is 10.8. The SMILES string of the molecule is CCN(C)P(=S)(N1CC1)N1CC1. The van der Waals surface area contributed by atoms with Crippen molar-refractivity contribution in [3.8, 4) is 0 Å². The van der Waals surface area contributed by atoms with Crippen LogP contribution >= 0.6 is 6.49 Å². The second-order valence-corrected chi connectivity index (χ2v) is 7.70. The Bertz CT molecular complexity index is 209. The van der Waals surface area contributed by atoms with Gasteiger partial charge in [0.25, 0.3) is 0 Å². The molecule has 0 N–H and O–H groups in total. The number of hydrogen-bond donors (Lipinski definition) is 0. The summed E-state index contributed by atoms with van der Waals surface area (Å²) in [6.45, 7) is 6.74. The Labute approximate surface area is 79.5 Å². The highest BCUT2D eigenvalue weighted by Gasteiger charge is 2.45. The predicted molar refractivity (Wildman–Crippen MR) is 55.7 cm³/mol. The van der Waals surface area contributed by atoms with Gasteiger partial charge in [0.05, 0.1) is 0 Å². The van der Waals surface area contributed by atoms with Gasteiger partial charge in [-0.25, -0.2) is 9.34 Å². The van der Waals surface area contributed by atoms with E-state index in [9.17, 15) is 0 Å². The van der Waals surface area contributed by atoms with E-state index in [4.69, 9.17) is 11.8 Å². The molecule has 2 saturated heterocycles. The maximum Gasteiger partial charge on any atom is 0.145 e. The van der Waals surface area contributed by atoms with Gasteiger partial charge in [-0.2, -0.15) is 0 Å². The summed E-state index contributed by atoms with van der Waals surface area (Å²) in [5.41, 5.74) is 0. The Morgan fingerprint density at radius 2 is 1.67 bits per heavy atom. The van der Waals surface area contributed by atoms with E-state index < -0.39 is 6.49 Å². The fourth-order valence-electron chi connectivity index (χ4n) is 1.41. The van der Waals surface area contributed by atoms with E-state index in [1.165, 1.54) is 26.2 Å². The lowest BCUT2D eigenvalue weighted by Gasteiger charge is -2.33. The van der Waals surface area contributed by atoms with Crippen molar-refractivity contribution < 1.29 is 0 Å². The van der Waals surface area contributed by atoms with Crippen molar-refractivity contribution in [2.75, 3.05) is 39.8 Å². The Kier molecular flexibility index (Phi) is 2.30. The summed E-state index contributed by atoms with van der Waals surface area (Å²) in [4.78, 5) is 0. The van der Waals surface area contributed by atoms with Gasteiger partial charge < -0.3 is 0 Å². The maximum absolute atomic E-state index is 5.79. The van der Waals surface area contributed by atoms with E-state index in [0.29, 0.717) is 0 Å². The third-order valence-corrected chi connectivity index (χ3v) is 8.15. The quantitative estimate of drug-likeness (QED) is 0.495. The van der Waals surface area contributed by atoms with E-state index >= 15 is 0 Å². The average Bonchev–Trinajstić information content (AvgIpc) is 2.91. The van der Waals surface area contributed by atoms with E-state index in [-0.39, 0.29) is 0 Å². The molecule has 70 valence electrons. The summed E-state index contributed by atoms with van der Waals surface area (Å²) in [5, 5.41) is 0. The summed E-state index contributed by atoms with van der Waals surface area (Å²) < 4.78 is 7.28. The van der Waals surface area contributed by atoms with Crippen molar-refractivity contribution in [1.82, 2.24) is 14.0 Å². The molecule has 0 amide bonds. The van der Waals surface area contributed by atoms with Crippen molar-refractivity contribution in [2.45, 2.75) is 6.92 Å². The molecular formula is C7H16N3PS. The van der Waals surface area contributed by atoms with Crippen molar-refractivity contribution >= 4 is 18.3 Å². The first-order chi connectivity index (χ1) is 5.69. The molecule has 0 unspecified atom stereocenters. The van der Waals surface area contributed by atoms with Crippen LogP contribution in [0, 0.1) is 0 Å². The molecule has 0 radical (unpaired) electrons. The first-order valence-electron chi connectivity index (χ1n) is 4.52. The molecule has 2 aliphatic heterocycles. The standard InChI is InChI=1S/C7H16N3PS/c1-3-8(2)11(12,9-4-5-9)10-6-7-10/h3-7H2,1-2H3. The summed E-state index contributed by atoms with van der Waals surface area (Å²) >= 11 is 5.79. The second kappa shape index (κ2) is 3.03. The molecule has 0 aromatic rings. The Hall–Kier alpha value is 0.530. The zero-order valence-corrected chi connectivity index (χ0v) is 9.44. The van der Waals surface area contributed by atoms with E-state index in [1.807, 2.05) is 0 Å². The van der Waals surface area contributed by atoms with Gasteiger partial charge in [0.2, 0.25) is 0 Å². The van der Waals surface area contributed by atoms with Crippen LogP contribution in [0.2, 0.25) is 0 Å². The molecule has 2 aliphatic rings. The summed E-state index contributed by atoms with van der Waals surface area (Å²) in [7, 11) is 2.16. The minimum absolute atomic E-state index is 1.07. The van der Waals surface area contributed by atoms with Crippen LogP contribution in [0.1, 0.15) is 6.92 Å². The number of nitrogens with zero attached hydrogens (tertiary/aromatic N) is 3. The molecule has 2 heterocycles. The van der Waals surface area contributed by atoms with Crippen LogP contribution in [0.5, 0.6) is 0 Å². The van der Waals surface area contributed by atoms with Crippen molar-refractivity contribution in [3.05, 3.63) is 0 Å². The molecular weight excluding hydrogens is 189 g/mol. The molecule has 0 spiro atoms. The van der Waals surface area contributed by atoms with E-state index in [0.717, 1.165) is 6.54 Å². The molecule has 5 heteroatoms. The highest BCUT2D eigenvalue weighted by molar-refractivity contribution is 8.11. The van der Waals surface area contributed by atoms with Crippen LogP contribution < -0.4 is 0 Å². The lowest BCUT2D eigenvalue weighted by molar-refractivity contribution is 0.523. The Balaban J connectivity index is 2.14. The van der Waals surface area contributed by atoms with Crippen molar-refractivity contribution in [1.29, 1.82) is 0 Å². The van der Waals surface area contributed by atoms with Crippen LogP contribution in [0.25, 0.3) is 0 Å². The summed E-state index contributed by atoms with van der Waals surface area (Å²) in [6, 6.07) is 0. The normalized spacial score (nSPS) is 24.9. The molecule has 0 atom stereocenters. The fraction of sp³-hybridized carbons (Fsp3) is 1.00. The van der Waals surface area contributed by atoms with Crippen molar-refractivity contribution in [2.24, 2.45) is 0 Å². The number of hydrogen-bond acceptors (Lipinski definition) is 1. The molecule has 0 saturated carbocycles. The highest BCUT2D eigenvalue weighted by Crippen LogP contribution is 2.62. The smallest absolute Gasteiger partial charge is 0.145 e. The fourth-order valence-corrected chi connectivity index (χ4v) is 5.54. The summed E-state index contributed by atoms with van der Waals surface area (Å²) in [6.07, 6.45) is 0. The monoisotopic (exact) mass is 205 g/mol. The summed E-state index contributed by atoms with van der Waals surface area (Å²) in [5.74, 6) is 0. The number of rotatable bonds is 4. The molecule has 2 fully saturated rings. The van der Waals surface area contributed by atoms with Gasteiger partial charge >= 0.3 is 0 Å². The topological polar surface area (TPSA) is 9.26 Å². The molecule has 0 aliphatic carbocycles. The molecule has 0 bridgehead atoms. The largest absolute Gasteiger partial charge is 0.255 e. The Morgan fingerprint density at radius 1 is 1.25 bits per heavy atom. The third kappa shape index (κ3) is 1.36. The molecule has 3 nitrogen and oxygen atoms in total. The van der Waals surface area contributed by atoms with Crippen LogP contribution in [0.15, 0.2) is 0 Å². The first kappa shape index (κ1) is 9.10. The third-order valence-electron chi connectivity index (χ3n) is 2.49. The van der Waals surface area contributed by atoms with E-state index in [1.54, 1.807) is 0 Å². The van der Waals surface area contributed by atoms with Crippen molar-refractivity contribution in [3.63, 3.8) is 0 Å².